The molecule has 39 nitrogen and oxygen atoms in total. The lowest BCUT2D eigenvalue weighted by molar-refractivity contribution is 0.0392. The third-order valence-corrected chi connectivity index (χ3v) is 89.4. The van der Waals surface area contributed by atoms with Gasteiger partial charge in [0.15, 0.2) is 34.0 Å². The quantitative estimate of drug-likeness (QED) is 0.0310. The first-order valence-corrected chi connectivity index (χ1v) is 97.0. The van der Waals surface area contributed by atoms with E-state index < -0.39 is 182 Å². The lowest BCUT2D eigenvalue weighted by atomic mass is 10.5. The maximum absolute atomic E-state index is 6.99. The van der Waals surface area contributed by atoms with Gasteiger partial charge in [0.1, 0.15) is 36.9 Å². The van der Waals surface area contributed by atoms with Crippen molar-refractivity contribution in [1.82, 2.24) is 0 Å². The Morgan fingerprint density at radius 2 is 0.566 bits per heavy atom. The number of ether oxygens (including phenoxy) is 8. The fourth-order valence-corrected chi connectivity index (χ4v) is 94.4. The van der Waals surface area contributed by atoms with Gasteiger partial charge in [-0.25, -0.2) is 0 Å². The number of epoxide rings is 4. The Labute approximate surface area is 802 Å². The van der Waals surface area contributed by atoms with Crippen LogP contribution in [0.1, 0.15) is 12.8 Å². The highest BCUT2D eigenvalue weighted by atomic mass is 28.5. The molecule has 0 bridgehead atoms. The van der Waals surface area contributed by atoms with Crippen LogP contribution < -0.4 is 0 Å². The van der Waals surface area contributed by atoms with Gasteiger partial charge in [0.2, 0.25) is 0 Å². The third-order valence-electron chi connectivity index (χ3n) is 18.0. The second-order valence-electron chi connectivity index (χ2n) is 37.4. The molecule has 4 heterocycles. The minimum absolute atomic E-state index is 0.160. The first-order chi connectivity index (χ1) is 59.1. The molecule has 774 valence electrons. The van der Waals surface area contributed by atoms with Crippen LogP contribution in [0.4, 0.5) is 0 Å². The van der Waals surface area contributed by atoms with E-state index in [1.165, 1.54) is 42.7 Å². The molecule has 0 aromatic carbocycles. The van der Waals surface area contributed by atoms with Gasteiger partial charge in [-0.15, -0.1) is 6.58 Å². The normalized spacial score (nSPS) is 19.0. The number of hydrogen-bond donors (Lipinski definition) is 0. The lowest BCUT2D eigenvalue weighted by Crippen LogP contribution is -2.61. The van der Waals surface area contributed by atoms with Crippen molar-refractivity contribution in [3.63, 3.8) is 0 Å². The van der Waals surface area contributed by atoms with Gasteiger partial charge in [0.05, 0.1) is 52.9 Å². The monoisotopic (exact) mass is 2220 g/mol. The molecule has 4 aliphatic rings. The van der Waals surface area contributed by atoms with E-state index >= 15 is 0 Å². The van der Waals surface area contributed by atoms with Crippen LogP contribution in [-0.4, -0.2) is 399 Å². The van der Waals surface area contributed by atoms with E-state index in [0.29, 0.717) is 64.0 Å². The molecule has 0 amide bonds. The summed E-state index contributed by atoms with van der Waals surface area (Å²) in [5, 5.41) is 0. The molecule has 0 N–H and O–H groups in total. The van der Waals surface area contributed by atoms with Gasteiger partial charge in [0, 0.05) is 139 Å². The smallest absolute Gasteiger partial charge is 0.440 e. The Bertz CT molecular complexity index is 2950. The van der Waals surface area contributed by atoms with E-state index in [9.17, 15) is 0 Å². The zero-order chi connectivity index (χ0) is 100.0. The van der Waals surface area contributed by atoms with Gasteiger partial charge in [-0.1, -0.05) is 5.70 Å². The second kappa shape index (κ2) is 59.2. The molecule has 4 saturated heterocycles. The number of rotatable bonds is 70. The molecule has 0 aliphatic carbocycles. The Morgan fingerprint density at radius 1 is 0.271 bits per heavy atom. The molecule has 7 unspecified atom stereocenters. The van der Waals surface area contributed by atoms with Crippen LogP contribution >= 0.6 is 0 Å². The zero-order valence-electron chi connectivity index (χ0n) is 87.9. The Hall–Kier alpha value is 2.73. The highest BCUT2D eigenvalue weighted by Crippen LogP contribution is 2.35. The average Bonchev–Trinajstić information content (AvgIpc) is 1.22. The minimum Gasteiger partial charge on any atom is -0.440 e. The minimum atomic E-state index is -3.18. The van der Waals surface area contributed by atoms with Crippen molar-refractivity contribution in [1.29, 1.82) is 0 Å². The molecule has 4 fully saturated rings. The molecular weight excluding hydrogens is 2040 g/mol. The fraction of sp³-hybridized carbons (Fsp3) is 0.971. The molecule has 4 rings (SSSR count). The number of hydrogen-bond acceptors (Lipinski definition) is 39. The lowest BCUT2D eigenvalue weighted by Gasteiger charge is -2.43. The maximum atomic E-state index is 6.99. The summed E-state index contributed by atoms with van der Waals surface area (Å²) in [4.78, 5) is 0. The van der Waals surface area contributed by atoms with Crippen molar-refractivity contribution in [2.75, 3.05) is 192 Å². The van der Waals surface area contributed by atoms with Crippen molar-refractivity contribution in [3.05, 3.63) is 12.3 Å². The summed E-state index contributed by atoms with van der Waals surface area (Å²) in [6.07, 6.45) is 3.16. The third kappa shape index (κ3) is 58.9. The topological polar surface area (TPSA) is 373 Å². The van der Waals surface area contributed by atoms with Crippen LogP contribution in [0.2, 0.25) is 214 Å². The predicted octanol–water partition coefficient (Wildman–Crippen LogP) is 11.9. The van der Waals surface area contributed by atoms with Gasteiger partial charge < -0.3 is 170 Å². The van der Waals surface area contributed by atoms with E-state index in [4.69, 9.17) is 170 Å². The molecule has 0 aromatic heterocycles. The zero-order valence-corrected chi connectivity index (χ0v) is 109. The first-order valence-electron chi connectivity index (χ1n) is 43.7. The van der Waals surface area contributed by atoms with E-state index in [1.54, 1.807) is 71.1 Å². The SMILES string of the molecule is C=C[Si](C)(C)O[Si](C)(C)O[Si](C)(C)O[Si](C)(C)O[Si](OC)(OC)OC.CO[Si](CCCOCC1CO1)(OC)O[Si](C)(C)O[Si](COCC1CO1)(OC)OC.CO[Si](CC[Si](C)(O[Si](C)(C)C)O[Si](C)(C)O[Si](C)(CCCOCC1CO1)O[SiH](C)O[Si](C)(C)C)(OC)OC.CO[Si](COCC1CO1)(OC)OC.CO[Si](OC)(OC)O[Si](C)(C)O[Si](C)(C)O[Si](C)(C)O[SiH](C)C. The van der Waals surface area contributed by atoms with E-state index in [0.717, 1.165) is 45.3 Å². The maximum Gasteiger partial charge on any atom is 0.669 e. The standard InChI is InChI=1S/C22H58O10Si7.C16H36O10Si3.C13H36O7Si5.C11H34O7Si5.C7H16O5Si/c1-23-39(24-2,25-3)19-18-38(14,30-35(8,9)10)32-36(11,12)31-37(13,29-33(4)28-34(5,6)7)17-15-16-26-20-22-21-27-22;1-17-28(18-2,9-7-8-21-10-15-12-23-15)25-27(5,6)26-29(19-3,20-4)14-22-11-16-13-24-16;1-13-21(5,6)17-22(7,8)18-23(9,10)19-24(11,12)20-25(14-2,15-3)16-4;1-12-23(13-2,14-3)18-22(10,11)17-21(8,9)16-20(6,7)15-19(4)5;1-8-13(9-2,10-3)6-11-4-7-5-12-7/h22,33H,15-21H2,1-14H3;15-16H,7-14H2,1-6H3;13H,1H2,2-12H3;19H,1-11H3;7H,4-6H2,1-3H3. The molecule has 60 heteroatoms. The Balaban J connectivity index is 0.00000164. The Kier molecular flexibility index (Phi) is 60.5. The van der Waals surface area contributed by atoms with Crippen molar-refractivity contribution < 1.29 is 170 Å². The second-order valence-corrected chi connectivity index (χ2v) is 109. The molecule has 0 aromatic rings. The summed E-state index contributed by atoms with van der Waals surface area (Å²) in [5.74, 6) is 0. The summed E-state index contributed by atoms with van der Waals surface area (Å²) in [6, 6.07) is 2.74. The molecule has 129 heavy (non-hydrogen) atoms. The van der Waals surface area contributed by atoms with E-state index in [-0.39, 0.29) is 30.6 Å². The van der Waals surface area contributed by atoms with Crippen LogP contribution in [0.3, 0.4) is 0 Å². The summed E-state index contributed by atoms with van der Waals surface area (Å²) >= 11 is 0. The van der Waals surface area contributed by atoms with Gasteiger partial charge in [-0.3, -0.25) is 0 Å². The molecule has 0 saturated carbocycles. The van der Waals surface area contributed by atoms with Crippen LogP contribution in [0.15, 0.2) is 12.3 Å². The molecule has 0 spiro atoms. The van der Waals surface area contributed by atoms with Crippen molar-refractivity contribution in [2.24, 2.45) is 0 Å². The van der Waals surface area contributed by atoms with Gasteiger partial charge in [-0.05, 0) is 215 Å². The largest absolute Gasteiger partial charge is 0.669 e. The van der Waals surface area contributed by atoms with Gasteiger partial charge in [-0.2, -0.15) is 0 Å². The van der Waals surface area contributed by atoms with Crippen LogP contribution in [0, 0.1) is 0 Å². The average molecular weight is 2220 g/mol. The van der Waals surface area contributed by atoms with Crippen LogP contribution in [-0.2, 0) is 170 Å². The first kappa shape index (κ1) is 132. The van der Waals surface area contributed by atoms with Crippen molar-refractivity contribution in [2.45, 2.75) is 251 Å². The van der Waals surface area contributed by atoms with Crippen LogP contribution in [0.5, 0.6) is 0 Å². The van der Waals surface area contributed by atoms with E-state index in [2.05, 4.69) is 118 Å². The van der Waals surface area contributed by atoms with Crippen molar-refractivity contribution >= 4 is 182 Å². The van der Waals surface area contributed by atoms with Gasteiger partial charge >= 0.3 is 139 Å². The molecule has 4 aliphatic heterocycles. The molecular formula is C69H180O39Si21. The summed E-state index contributed by atoms with van der Waals surface area (Å²) in [7, 11) is -26.7. The summed E-state index contributed by atoms with van der Waals surface area (Å²) < 4.78 is 227. The highest BCUT2D eigenvalue weighted by Gasteiger charge is 2.57. The summed E-state index contributed by atoms with van der Waals surface area (Å²) in [6.45, 7) is 70.7. The summed E-state index contributed by atoms with van der Waals surface area (Å²) in [5.41, 5.74) is 1.91. The molecule has 7 atom stereocenters. The molecule has 0 radical (unpaired) electrons. The van der Waals surface area contributed by atoms with Crippen molar-refractivity contribution in [3.8, 4) is 0 Å². The van der Waals surface area contributed by atoms with E-state index in [1.807, 2.05) is 84.3 Å². The highest BCUT2D eigenvalue weighted by molar-refractivity contribution is 6.93. The predicted molar refractivity (Wildman–Crippen MR) is 543 cm³/mol. The fourth-order valence-electron chi connectivity index (χ4n) is 13.4. The Morgan fingerprint density at radius 3 is 0.884 bits per heavy atom. The van der Waals surface area contributed by atoms with Gasteiger partial charge in [0.25, 0.3) is 9.28 Å². The van der Waals surface area contributed by atoms with Crippen LogP contribution in [0.25, 0.3) is 0 Å².